The molecule has 20 nitrogen and oxygen atoms in total. The van der Waals surface area contributed by atoms with Crippen molar-refractivity contribution in [1.29, 1.82) is 0 Å². The standard InChI is InChI=1S/C39H45NO19/c1-17-23-9-11-40-13-24(23)33(47)52-15-35(6)25-26(54-18(2)41)30(56-20(4)43)38(16-53-32(46)22-10-12-51-14-22)31(57-21(5)44)27(55-19(3)42)29(58-34(48)36(17,7)49)37(8,50)39(38,59-35)28(25)45/h9-14,17,25-31,45,49-50H,15-16H2,1-8H3/t17-,25+,26+,27-,28+,29-,30+,31-,35-,36-,37+,38+,39-/m0/s1. The van der Waals surface area contributed by atoms with Gasteiger partial charge in [0.25, 0.3) is 0 Å². The van der Waals surface area contributed by atoms with E-state index in [2.05, 4.69) is 4.98 Å². The van der Waals surface area contributed by atoms with Crippen LogP contribution in [-0.2, 0) is 61.9 Å². The van der Waals surface area contributed by atoms with Crippen molar-refractivity contribution < 1.29 is 91.2 Å². The molecule has 3 fully saturated rings. The Hall–Kier alpha value is -5.44. The minimum absolute atomic E-state index is 0.0626. The maximum Gasteiger partial charge on any atom is 0.341 e. The molecule has 320 valence electrons. The lowest BCUT2D eigenvalue weighted by Gasteiger charge is -2.67. The van der Waals surface area contributed by atoms with Crippen molar-refractivity contribution in [3.05, 3.63) is 53.7 Å². The number of aliphatic hydroxyl groups is 3. The largest absolute Gasteiger partial charge is 0.472 e. The molecule has 20 heteroatoms. The van der Waals surface area contributed by atoms with Crippen LogP contribution in [0.2, 0.25) is 0 Å². The lowest BCUT2D eigenvalue weighted by atomic mass is 9.45. The van der Waals surface area contributed by atoms with E-state index in [1.165, 1.54) is 32.2 Å². The second-order valence-electron chi connectivity index (χ2n) is 15.8. The fourth-order valence-corrected chi connectivity index (χ4v) is 9.43. The summed E-state index contributed by atoms with van der Waals surface area (Å²) >= 11 is 0. The Morgan fingerprint density at radius 1 is 0.881 bits per heavy atom. The summed E-state index contributed by atoms with van der Waals surface area (Å²) in [4.78, 5) is 98.6. The van der Waals surface area contributed by atoms with Crippen molar-refractivity contribution in [1.82, 2.24) is 4.98 Å². The molecular formula is C39H45NO19. The van der Waals surface area contributed by atoms with Crippen molar-refractivity contribution in [2.24, 2.45) is 11.3 Å². The minimum Gasteiger partial charge on any atom is -0.472 e. The number of aromatic nitrogens is 1. The van der Waals surface area contributed by atoms with Gasteiger partial charge in [0.2, 0.25) is 0 Å². The third-order valence-electron chi connectivity index (χ3n) is 12.0. The monoisotopic (exact) mass is 831 g/mol. The van der Waals surface area contributed by atoms with Crippen molar-refractivity contribution >= 4 is 41.8 Å². The van der Waals surface area contributed by atoms with Gasteiger partial charge in [-0.05, 0) is 38.5 Å². The van der Waals surface area contributed by atoms with Gasteiger partial charge in [0.05, 0.1) is 29.4 Å². The van der Waals surface area contributed by atoms with E-state index in [0.29, 0.717) is 0 Å². The number of aliphatic hydroxyl groups excluding tert-OH is 1. The van der Waals surface area contributed by atoms with Crippen molar-refractivity contribution in [2.45, 2.75) is 120 Å². The van der Waals surface area contributed by atoms with Gasteiger partial charge in [-0.15, -0.1) is 0 Å². The first-order valence-electron chi connectivity index (χ1n) is 18.5. The van der Waals surface area contributed by atoms with Gasteiger partial charge in [0, 0.05) is 46.0 Å². The average molecular weight is 832 g/mol. The molecule has 2 saturated carbocycles. The SMILES string of the molecule is CC(=O)O[C@@H]1[C@@H]2[C@@H](O)[C@@]34O[C@@]2(C)COC(=O)c2cnccc2[C@H](C)[C@](C)(O)C(=O)O[C@@H]([C@H](OC(C)=O)[C@H](OC(C)=O)[C@@]3(COC(=O)c2ccoc2)[C@@H]1OC(C)=O)[C@@]4(C)O. The van der Waals surface area contributed by atoms with Crippen LogP contribution in [0.1, 0.15) is 87.6 Å². The maximum absolute atomic E-state index is 14.4. The van der Waals surface area contributed by atoms with Gasteiger partial charge in [-0.2, -0.15) is 0 Å². The molecule has 0 unspecified atom stereocenters. The van der Waals surface area contributed by atoms with Gasteiger partial charge in [-0.25, -0.2) is 14.4 Å². The molecule has 59 heavy (non-hydrogen) atoms. The molecule has 4 bridgehead atoms. The summed E-state index contributed by atoms with van der Waals surface area (Å²) in [6.07, 6.45) is -8.21. The highest BCUT2D eigenvalue weighted by Gasteiger charge is 2.91. The predicted octanol–water partition coefficient (Wildman–Crippen LogP) is 0.465. The number of ether oxygens (including phenoxy) is 8. The highest BCUT2D eigenvalue weighted by Crippen LogP contribution is 2.69. The van der Waals surface area contributed by atoms with E-state index < -0.39 is 131 Å². The first kappa shape index (κ1) is 43.1. The summed E-state index contributed by atoms with van der Waals surface area (Å²) in [5.74, 6) is -10.9. The van der Waals surface area contributed by atoms with Gasteiger partial charge in [-0.3, -0.25) is 24.2 Å². The van der Waals surface area contributed by atoms with E-state index in [4.69, 9.17) is 42.3 Å². The number of esters is 7. The van der Waals surface area contributed by atoms with E-state index in [1.807, 2.05) is 0 Å². The zero-order valence-corrected chi connectivity index (χ0v) is 33.3. The molecule has 2 aliphatic carbocycles. The zero-order valence-electron chi connectivity index (χ0n) is 33.3. The fraction of sp³-hybridized carbons (Fsp3) is 0.590. The number of carbonyl (C=O) groups is 7. The highest BCUT2D eigenvalue weighted by atomic mass is 16.7. The molecule has 1 saturated heterocycles. The molecule has 0 radical (unpaired) electrons. The van der Waals surface area contributed by atoms with Gasteiger partial charge in [-0.1, -0.05) is 6.92 Å². The Labute approximate surface area is 336 Å². The number of fused-ring (bicyclic) bond motifs is 5. The highest BCUT2D eigenvalue weighted by molar-refractivity contribution is 5.92. The van der Waals surface area contributed by atoms with E-state index in [9.17, 15) is 48.9 Å². The average Bonchev–Trinajstić information content (AvgIpc) is 3.75. The normalized spacial score (nSPS) is 38.7. The Balaban J connectivity index is 1.75. The van der Waals surface area contributed by atoms with Gasteiger partial charge in [0.15, 0.2) is 30.0 Å². The van der Waals surface area contributed by atoms with Crippen LogP contribution in [0.15, 0.2) is 41.5 Å². The summed E-state index contributed by atoms with van der Waals surface area (Å²) in [6, 6.07) is 2.58. The number of nitrogens with zero attached hydrogens (tertiary/aromatic N) is 1. The Bertz CT molecular complexity index is 2050. The van der Waals surface area contributed by atoms with Crippen LogP contribution >= 0.6 is 0 Å². The zero-order chi connectivity index (χ0) is 43.6. The Kier molecular flexibility index (Phi) is 11.0. The number of furan rings is 1. The van der Waals surface area contributed by atoms with Gasteiger partial charge in [0.1, 0.15) is 47.8 Å². The van der Waals surface area contributed by atoms with E-state index in [0.717, 1.165) is 60.3 Å². The van der Waals surface area contributed by atoms with Crippen LogP contribution in [0.5, 0.6) is 0 Å². The summed E-state index contributed by atoms with van der Waals surface area (Å²) in [5.41, 5.74) is -13.5. The van der Waals surface area contributed by atoms with Crippen LogP contribution < -0.4 is 0 Å². The third kappa shape index (κ3) is 6.61. The molecule has 4 heterocycles. The van der Waals surface area contributed by atoms with Crippen LogP contribution in [-0.4, -0.2) is 134 Å². The topological polar surface area (TPSA) is 280 Å². The molecule has 13 atom stereocenters. The fourth-order valence-electron chi connectivity index (χ4n) is 9.43. The molecule has 2 aromatic heterocycles. The first-order valence-corrected chi connectivity index (χ1v) is 18.5. The van der Waals surface area contributed by atoms with E-state index in [1.54, 1.807) is 0 Å². The molecule has 3 N–H and O–H groups in total. The summed E-state index contributed by atoms with van der Waals surface area (Å²) in [6.45, 7) is 6.58. The molecule has 2 aromatic rings. The summed E-state index contributed by atoms with van der Waals surface area (Å²) in [7, 11) is 0. The smallest absolute Gasteiger partial charge is 0.341 e. The molecule has 1 spiro atoms. The number of hydrogen-bond donors (Lipinski definition) is 3. The van der Waals surface area contributed by atoms with Crippen LogP contribution in [0, 0.1) is 11.3 Å². The quantitative estimate of drug-likeness (QED) is 0.252. The number of carbonyl (C=O) groups excluding carboxylic acids is 7. The van der Waals surface area contributed by atoms with E-state index in [-0.39, 0.29) is 16.7 Å². The molecule has 4 aliphatic rings. The first-order chi connectivity index (χ1) is 27.5. The minimum atomic E-state index is -2.95. The lowest BCUT2D eigenvalue weighted by Crippen LogP contribution is -2.89. The van der Waals surface area contributed by atoms with Crippen LogP contribution in [0.3, 0.4) is 0 Å². The maximum atomic E-state index is 14.4. The van der Waals surface area contributed by atoms with Crippen molar-refractivity contribution in [3.8, 4) is 0 Å². The molecule has 0 amide bonds. The van der Waals surface area contributed by atoms with Gasteiger partial charge < -0.3 is 57.6 Å². The Morgan fingerprint density at radius 2 is 1.47 bits per heavy atom. The molecule has 2 aliphatic heterocycles. The third-order valence-corrected chi connectivity index (χ3v) is 12.0. The van der Waals surface area contributed by atoms with Crippen LogP contribution in [0.25, 0.3) is 0 Å². The number of hydrogen-bond acceptors (Lipinski definition) is 20. The second-order valence-corrected chi connectivity index (χ2v) is 15.8. The number of cyclic esters (lactones) is 1. The number of pyridine rings is 1. The predicted molar refractivity (Wildman–Crippen MR) is 189 cm³/mol. The molecule has 6 rings (SSSR count). The molecular weight excluding hydrogens is 786 g/mol. The lowest BCUT2D eigenvalue weighted by molar-refractivity contribution is -0.386. The van der Waals surface area contributed by atoms with Gasteiger partial charge >= 0.3 is 41.8 Å². The summed E-state index contributed by atoms with van der Waals surface area (Å²) in [5, 5.41) is 38.1. The van der Waals surface area contributed by atoms with Crippen LogP contribution in [0.4, 0.5) is 0 Å². The Morgan fingerprint density at radius 3 is 2.05 bits per heavy atom. The van der Waals surface area contributed by atoms with E-state index >= 15 is 0 Å². The summed E-state index contributed by atoms with van der Waals surface area (Å²) < 4.78 is 52.9. The number of rotatable bonds is 7. The molecule has 0 aromatic carbocycles. The van der Waals surface area contributed by atoms with Crippen molar-refractivity contribution in [2.75, 3.05) is 13.2 Å². The van der Waals surface area contributed by atoms with Crippen molar-refractivity contribution in [3.63, 3.8) is 0 Å². The second kappa shape index (κ2) is 15.0.